The molecule has 2 nitrogen and oxygen atoms in total. The van der Waals surface area contributed by atoms with Crippen molar-refractivity contribution in [1.29, 1.82) is 5.26 Å². The molecule has 2 aromatic rings. The number of nitrogen functional groups attached to an aromatic ring is 1. The molecule has 0 radical (unpaired) electrons. The molecule has 0 unspecified atom stereocenters. The molecule has 0 atom stereocenters. The average Bonchev–Trinajstić information content (AvgIpc) is 2.50. The Hall–Kier alpha value is -1.53. The van der Waals surface area contributed by atoms with E-state index in [2.05, 4.69) is 12.1 Å². The van der Waals surface area contributed by atoms with Crippen molar-refractivity contribution in [1.82, 2.24) is 0 Å². The van der Waals surface area contributed by atoms with Crippen LogP contribution in [0.3, 0.4) is 0 Å². The first-order valence-electron chi connectivity index (χ1n) is 4.33. The van der Waals surface area contributed by atoms with Crippen molar-refractivity contribution in [2.45, 2.75) is 13.8 Å². The van der Waals surface area contributed by atoms with Crippen LogP contribution in [-0.4, -0.2) is 0 Å². The number of nitriles is 1. The first-order valence-corrected chi connectivity index (χ1v) is 5.15. The van der Waals surface area contributed by atoms with Gasteiger partial charge in [-0.05, 0) is 25.0 Å². The second-order valence-corrected chi connectivity index (χ2v) is 4.41. The Morgan fingerprint density at radius 3 is 2.57 bits per heavy atom. The van der Waals surface area contributed by atoms with E-state index in [9.17, 15) is 0 Å². The van der Waals surface area contributed by atoms with Gasteiger partial charge < -0.3 is 5.73 Å². The molecule has 1 heterocycles. The van der Waals surface area contributed by atoms with Crippen LogP contribution in [-0.2, 0) is 0 Å². The van der Waals surface area contributed by atoms with Crippen LogP contribution in [0, 0.1) is 25.2 Å². The molecule has 0 saturated carbocycles. The van der Waals surface area contributed by atoms with Crippen molar-refractivity contribution >= 4 is 26.4 Å². The summed E-state index contributed by atoms with van der Waals surface area (Å²) in [5.41, 5.74) is 8.73. The topological polar surface area (TPSA) is 49.8 Å². The molecule has 1 aromatic carbocycles. The fourth-order valence-corrected chi connectivity index (χ4v) is 2.69. The van der Waals surface area contributed by atoms with Crippen molar-refractivity contribution in [3.05, 3.63) is 28.8 Å². The summed E-state index contributed by atoms with van der Waals surface area (Å²) >= 11 is 1.50. The van der Waals surface area contributed by atoms with Gasteiger partial charge in [-0.3, -0.25) is 0 Å². The van der Waals surface area contributed by atoms with Gasteiger partial charge >= 0.3 is 0 Å². The third-order valence-electron chi connectivity index (χ3n) is 2.38. The lowest BCUT2D eigenvalue weighted by Gasteiger charge is -1.99. The maximum Gasteiger partial charge on any atom is 0.105 e. The molecular weight excluding hydrogens is 192 g/mol. The predicted octanol–water partition coefficient (Wildman–Crippen LogP) is 2.97. The number of nitrogens with zero attached hydrogens (tertiary/aromatic N) is 1. The van der Waals surface area contributed by atoms with Crippen LogP contribution in [0.15, 0.2) is 12.1 Å². The van der Waals surface area contributed by atoms with Crippen molar-refractivity contribution in [2.75, 3.05) is 5.73 Å². The van der Waals surface area contributed by atoms with Gasteiger partial charge in [0.1, 0.15) is 11.1 Å². The summed E-state index contributed by atoms with van der Waals surface area (Å²) < 4.78 is 1.14. The number of hydrogen-bond acceptors (Lipinski definition) is 3. The highest BCUT2D eigenvalue weighted by Gasteiger charge is 2.12. The van der Waals surface area contributed by atoms with E-state index in [0.717, 1.165) is 15.6 Å². The number of fused-ring (bicyclic) bond motifs is 1. The van der Waals surface area contributed by atoms with Gasteiger partial charge in [-0.25, -0.2) is 0 Å². The Morgan fingerprint density at radius 2 is 1.93 bits per heavy atom. The normalized spacial score (nSPS) is 10.4. The van der Waals surface area contributed by atoms with Gasteiger partial charge in [-0.15, -0.1) is 11.3 Å². The lowest BCUT2D eigenvalue weighted by atomic mass is 10.1. The van der Waals surface area contributed by atoms with Gasteiger partial charge in [0.15, 0.2) is 0 Å². The van der Waals surface area contributed by atoms with Gasteiger partial charge in [-0.1, -0.05) is 12.1 Å². The third-order valence-corrected chi connectivity index (χ3v) is 3.54. The summed E-state index contributed by atoms with van der Waals surface area (Å²) in [7, 11) is 0. The molecule has 0 aliphatic carbocycles. The van der Waals surface area contributed by atoms with Gasteiger partial charge in [0, 0.05) is 10.1 Å². The van der Waals surface area contributed by atoms with Crippen LogP contribution in [0.2, 0.25) is 0 Å². The molecule has 3 heteroatoms. The minimum Gasteiger partial charge on any atom is -0.389 e. The Balaban J connectivity index is 3.03. The molecule has 2 rings (SSSR count). The smallest absolute Gasteiger partial charge is 0.105 e. The Morgan fingerprint density at radius 1 is 1.29 bits per heavy atom. The van der Waals surface area contributed by atoms with E-state index in [-0.39, 0.29) is 0 Å². The summed E-state index contributed by atoms with van der Waals surface area (Å²) in [6.07, 6.45) is 0. The number of anilines is 1. The van der Waals surface area contributed by atoms with E-state index in [1.807, 2.05) is 19.9 Å². The zero-order valence-electron chi connectivity index (χ0n) is 8.09. The first kappa shape index (κ1) is 9.04. The van der Waals surface area contributed by atoms with Crippen LogP contribution in [0.5, 0.6) is 0 Å². The maximum absolute atomic E-state index is 9.00. The molecule has 0 fully saturated rings. The number of benzene rings is 1. The fraction of sp³-hybridized carbons (Fsp3) is 0.182. The van der Waals surface area contributed by atoms with E-state index in [1.54, 1.807) is 0 Å². The summed E-state index contributed by atoms with van der Waals surface area (Å²) in [4.78, 5) is 0. The molecule has 14 heavy (non-hydrogen) atoms. The van der Waals surface area contributed by atoms with Crippen LogP contribution in [0.25, 0.3) is 10.1 Å². The Labute approximate surface area is 86.6 Å². The third kappa shape index (κ3) is 1.08. The minimum atomic E-state index is 0.625. The molecule has 0 amide bonds. The lowest BCUT2D eigenvalue weighted by molar-refractivity contribution is 1.46. The van der Waals surface area contributed by atoms with Crippen molar-refractivity contribution in [3.63, 3.8) is 0 Å². The zero-order chi connectivity index (χ0) is 10.3. The summed E-state index contributed by atoms with van der Waals surface area (Å²) in [5.74, 6) is 0. The fourth-order valence-electron chi connectivity index (χ4n) is 1.62. The predicted molar refractivity (Wildman–Crippen MR) is 60.4 cm³/mol. The van der Waals surface area contributed by atoms with Gasteiger partial charge in [0.05, 0.1) is 5.56 Å². The average molecular weight is 202 g/mol. The zero-order valence-corrected chi connectivity index (χ0v) is 8.90. The van der Waals surface area contributed by atoms with E-state index in [4.69, 9.17) is 11.0 Å². The van der Waals surface area contributed by atoms with E-state index in [1.165, 1.54) is 16.9 Å². The highest BCUT2D eigenvalue weighted by Crippen LogP contribution is 2.36. The quantitative estimate of drug-likeness (QED) is 0.714. The number of aryl methyl sites for hydroxylation is 2. The summed E-state index contributed by atoms with van der Waals surface area (Å²) in [5, 5.41) is 10.6. The molecule has 0 aliphatic heterocycles. The number of rotatable bonds is 0. The van der Waals surface area contributed by atoms with Crippen LogP contribution < -0.4 is 5.73 Å². The van der Waals surface area contributed by atoms with Gasteiger partial charge in [-0.2, -0.15) is 5.26 Å². The largest absolute Gasteiger partial charge is 0.389 e. The molecule has 0 aliphatic rings. The molecule has 70 valence electrons. The van der Waals surface area contributed by atoms with Crippen molar-refractivity contribution in [2.24, 2.45) is 0 Å². The molecule has 2 N–H and O–H groups in total. The van der Waals surface area contributed by atoms with Crippen LogP contribution >= 0.6 is 11.3 Å². The van der Waals surface area contributed by atoms with Crippen molar-refractivity contribution in [3.8, 4) is 6.07 Å². The molecule has 0 spiro atoms. The number of hydrogen-bond donors (Lipinski definition) is 1. The standard InChI is InChI=1S/C11H10N2S/c1-6-3-4-7(2)10-9(6)8(5-12)11(13)14-10/h3-4H,13H2,1-2H3. The van der Waals surface area contributed by atoms with Crippen LogP contribution in [0.4, 0.5) is 5.00 Å². The van der Waals surface area contributed by atoms with E-state index >= 15 is 0 Å². The molecule has 0 bridgehead atoms. The van der Waals surface area contributed by atoms with Gasteiger partial charge in [0.2, 0.25) is 0 Å². The van der Waals surface area contributed by atoms with Crippen LogP contribution in [0.1, 0.15) is 16.7 Å². The molecular formula is C11H10N2S. The molecule has 0 saturated heterocycles. The second-order valence-electron chi connectivity index (χ2n) is 3.36. The van der Waals surface area contributed by atoms with Crippen molar-refractivity contribution < 1.29 is 0 Å². The summed E-state index contributed by atoms with van der Waals surface area (Å²) in [6.45, 7) is 4.05. The van der Waals surface area contributed by atoms with E-state index in [0.29, 0.717) is 10.6 Å². The minimum absolute atomic E-state index is 0.625. The monoisotopic (exact) mass is 202 g/mol. The summed E-state index contributed by atoms with van der Waals surface area (Å²) in [6, 6.07) is 6.27. The number of thiophene rings is 1. The number of nitrogens with two attached hydrogens (primary N) is 1. The lowest BCUT2D eigenvalue weighted by Crippen LogP contribution is -1.84. The highest BCUT2D eigenvalue weighted by atomic mass is 32.1. The maximum atomic E-state index is 9.00. The Kier molecular flexibility index (Phi) is 1.94. The Bertz CT molecular complexity index is 546. The van der Waals surface area contributed by atoms with E-state index < -0.39 is 0 Å². The molecule has 1 aromatic heterocycles. The highest BCUT2D eigenvalue weighted by molar-refractivity contribution is 7.23. The first-order chi connectivity index (χ1) is 6.65. The van der Waals surface area contributed by atoms with Gasteiger partial charge in [0.25, 0.3) is 0 Å². The second kappa shape index (κ2) is 3.00. The SMILES string of the molecule is Cc1ccc(C)c2c(C#N)c(N)sc12.